The molecule has 0 saturated carbocycles. The maximum absolute atomic E-state index is 14.0. The van der Waals surface area contributed by atoms with Crippen molar-refractivity contribution in [1.29, 1.82) is 0 Å². The molecule has 2 aromatic rings. The van der Waals surface area contributed by atoms with Gasteiger partial charge in [0.15, 0.2) is 11.9 Å². The Morgan fingerprint density at radius 3 is 2.91 bits per heavy atom. The summed E-state index contributed by atoms with van der Waals surface area (Å²) in [6.07, 6.45) is 4.01. The normalized spacial score (nSPS) is 23.0. The van der Waals surface area contributed by atoms with Gasteiger partial charge in [-0.15, -0.1) is 5.10 Å². The number of hydrogen-bond donors (Lipinski definition) is 2. The number of piperazine rings is 1. The lowest BCUT2D eigenvalue weighted by atomic mass is 10.0. The van der Waals surface area contributed by atoms with Gasteiger partial charge in [0.2, 0.25) is 5.95 Å². The first kappa shape index (κ1) is 24.2. The molecule has 1 aliphatic carbocycles. The number of amides is 1. The molecule has 1 amide bonds. The molecule has 3 unspecified atom stereocenters. The molecular weight excluding hydrogens is 463 g/mol. The van der Waals surface area contributed by atoms with Gasteiger partial charge in [-0.05, 0) is 38.3 Å². The second kappa shape index (κ2) is 10.5. The van der Waals surface area contributed by atoms with Crippen LogP contribution in [0.5, 0.6) is 0 Å². The Morgan fingerprint density at radius 1 is 1.35 bits per heavy atom. The van der Waals surface area contributed by atoms with E-state index >= 15 is 0 Å². The van der Waals surface area contributed by atoms with Crippen LogP contribution in [-0.2, 0) is 16.0 Å². The number of nitrogens with one attached hydrogen (secondary N) is 2. The Hall–Kier alpha value is -2.95. The maximum Gasteiger partial charge on any atom is 0.410 e. The Labute approximate surface area is 202 Å². The van der Waals surface area contributed by atoms with Crippen LogP contribution in [0, 0.1) is 5.82 Å². The van der Waals surface area contributed by atoms with Crippen LogP contribution in [0.2, 0.25) is 5.02 Å². The fraction of sp³-hybridized carbons (Fsp3) is 0.435. The van der Waals surface area contributed by atoms with Gasteiger partial charge in [0.05, 0.1) is 0 Å². The molecule has 1 aromatic carbocycles. The predicted octanol–water partition coefficient (Wildman–Crippen LogP) is 3.32. The Bertz CT molecular complexity index is 1070. The number of halogens is 2. The third-order valence-corrected chi connectivity index (χ3v) is 6.31. The van der Waals surface area contributed by atoms with Crippen molar-refractivity contribution in [2.24, 2.45) is 0 Å². The van der Waals surface area contributed by atoms with E-state index in [4.69, 9.17) is 21.1 Å². The minimum atomic E-state index is -0.558. The van der Waals surface area contributed by atoms with Crippen LogP contribution in [0.15, 0.2) is 36.4 Å². The van der Waals surface area contributed by atoms with Gasteiger partial charge < -0.3 is 24.6 Å². The highest BCUT2D eigenvalue weighted by atomic mass is 35.5. The van der Waals surface area contributed by atoms with E-state index in [0.29, 0.717) is 28.9 Å². The Morgan fingerprint density at radius 2 is 2.18 bits per heavy atom. The molecule has 11 heteroatoms. The highest BCUT2D eigenvalue weighted by molar-refractivity contribution is 6.31. The number of benzene rings is 1. The first-order chi connectivity index (χ1) is 16.4. The van der Waals surface area contributed by atoms with Gasteiger partial charge in [0, 0.05) is 55.5 Å². The van der Waals surface area contributed by atoms with E-state index in [2.05, 4.69) is 25.4 Å². The van der Waals surface area contributed by atoms with E-state index < -0.39 is 18.0 Å². The second-order valence-electron chi connectivity index (χ2n) is 8.40. The fourth-order valence-electron chi connectivity index (χ4n) is 4.04. The number of aromatic nitrogens is 3. The number of hydrogen-bond acceptors (Lipinski definition) is 7. The zero-order valence-electron chi connectivity index (χ0n) is 19.3. The summed E-state index contributed by atoms with van der Waals surface area (Å²) in [6, 6.07) is 4.60. The van der Waals surface area contributed by atoms with Crippen molar-refractivity contribution in [1.82, 2.24) is 25.0 Å². The van der Waals surface area contributed by atoms with Gasteiger partial charge in [-0.2, -0.15) is 4.98 Å². The molecule has 1 aromatic heterocycles. The van der Waals surface area contributed by atoms with Gasteiger partial charge in [0.25, 0.3) is 0 Å². The number of methoxy groups -OCH3 is 1. The summed E-state index contributed by atoms with van der Waals surface area (Å²) in [6.45, 7) is 4.38. The molecule has 2 heterocycles. The van der Waals surface area contributed by atoms with Crippen LogP contribution >= 0.6 is 11.6 Å². The summed E-state index contributed by atoms with van der Waals surface area (Å²) in [5.74, 6) is 0.399. The molecule has 1 saturated heterocycles. The summed E-state index contributed by atoms with van der Waals surface area (Å²) in [5, 5.41) is 10.3. The molecule has 4 rings (SSSR count). The van der Waals surface area contributed by atoms with Crippen molar-refractivity contribution in [3.05, 3.63) is 58.7 Å². The molecule has 34 heavy (non-hydrogen) atoms. The standard InChI is InChI=1S/C23H28ClFN6O3/c1-14-13-30(2)9-10-31(14)23(32)34-19-8-7-15(11-20(19)33-3)21-27-22(29-28-21)26-12-16-17(24)5-4-6-18(16)25/h4-8,11,14,19-20H,9-10,12-13H2,1-3H3,(H2,26,27,28,29). The highest BCUT2D eigenvalue weighted by Crippen LogP contribution is 2.25. The maximum atomic E-state index is 14.0. The minimum Gasteiger partial charge on any atom is -0.439 e. The van der Waals surface area contributed by atoms with Gasteiger partial charge >= 0.3 is 6.09 Å². The molecule has 2 N–H and O–H groups in total. The molecule has 3 atom stereocenters. The topological polar surface area (TPSA) is 95.6 Å². The molecule has 0 radical (unpaired) electrons. The lowest BCUT2D eigenvalue weighted by Gasteiger charge is -2.38. The third-order valence-electron chi connectivity index (χ3n) is 5.95. The number of likely N-dealkylation sites (N-methyl/N-ethyl adjacent to an activating group) is 1. The van der Waals surface area contributed by atoms with Crippen LogP contribution in [-0.4, -0.2) is 83.1 Å². The smallest absolute Gasteiger partial charge is 0.410 e. The van der Waals surface area contributed by atoms with Crippen molar-refractivity contribution < 1.29 is 18.7 Å². The van der Waals surface area contributed by atoms with Crippen LogP contribution in [0.1, 0.15) is 18.3 Å². The predicted molar refractivity (Wildman–Crippen MR) is 127 cm³/mol. The first-order valence-corrected chi connectivity index (χ1v) is 11.4. The van der Waals surface area contributed by atoms with Crippen LogP contribution in [0.25, 0.3) is 5.57 Å². The average molecular weight is 491 g/mol. The van der Waals surface area contributed by atoms with Crippen molar-refractivity contribution in [3.63, 3.8) is 0 Å². The molecule has 0 bridgehead atoms. The summed E-state index contributed by atoms with van der Waals surface area (Å²) in [5.41, 5.74) is 1.07. The molecule has 1 aliphatic heterocycles. The average Bonchev–Trinajstić information content (AvgIpc) is 3.28. The third kappa shape index (κ3) is 5.40. The second-order valence-corrected chi connectivity index (χ2v) is 8.80. The summed E-state index contributed by atoms with van der Waals surface area (Å²) in [4.78, 5) is 21.1. The lowest BCUT2D eigenvalue weighted by molar-refractivity contribution is -0.00308. The van der Waals surface area contributed by atoms with E-state index in [1.54, 1.807) is 36.3 Å². The van der Waals surface area contributed by atoms with E-state index in [-0.39, 0.29) is 18.7 Å². The van der Waals surface area contributed by atoms with Crippen molar-refractivity contribution in [3.8, 4) is 0 Å². The number of nitrogens with zero attached hydrogens (tertiary/aromatic N) is 4. The molecule has 182 valence electrons. The van der Waals surface area contributed by atoms with E-state index in [1.807, 2.05) is 20.0 Å². The molecule has 9 nitrogen and oxygen atoms in total. The zero-order chi connectivity index (χ0) is 24.2. The van der Waals surface area contributed by atoms with Crippen molar-refractivity contribution >= 4 is 29.2 Å². The van der Waals surface area contributed by atoms with E-state index in [1.165, 1.54) is 6.07 Å². The SMILES string of the molecule is COC1C=C(c2nc(NCc3c(F)cccc3Cl)n[nH]2)C=CC1OC(=O)N1CCN(C)CC1C. The van der Waals surface area contributed by atoms with Crippen LogP contribution in [0.3, 0.4) is 0 Å². The van der Waals surface area contributed by atoms with Crippen LogP contribution in [0.4, 0.5) is 15.1 Å². The lowest BCUT2D eigenvalue weighted by Crippen LogP contribution is -2.53. The number of ether oxygens (including phenoxy) is 2. The molecule has 2 aliphatic rings. The number of carbonyl (C=O) groups is 1. The number of H-pyrrole nitrogens is 1. The zero-order valence-corrected chi connectivity index (χ0v) is 20.1. The van der Waals surface area contributed by atoms with Crippen LogP contribution < -0.4 is 5.32 Å². The van der Waals surface area contributed by atoms with Gasteiger partial charge in [0.1, 0.15) is 11.9 Å². The molecular formula is C23H28ClFN6O3. The summed E-state index contributed by atoms with van der Waals surface area (Å²) < 4.78 is 25.3. The number of anilines is 1. The Balaban J connectivity index is 1.38. The largest absolute Gasteiger partial charge is 0.439 e. The minimum absolute atomic E-state index is 0.0743. The molecule has 1 fully saturated rings. The van der Waals surface area contributed by atoms with Crippen molar-refractivity contribution in [2.45, 2.75) is 31.7 Å². The molecule has 0 spiro atoms. The Kier molecular flexibility index (Phi) is 7.50. The summed E-state index contributed by atoms with van der Waals surface area (Å²) in [7, 11) is 3.60. The van der Waals surface area contributed by atoms with E-state index in [0.717, 1.165) is 18.7 Å². The first-order valence-electron chi connectivity index (χ1n) is 11.0. The quantitative estimate of drug-likeness (QED) is 0.641. The highest BCUT2D eigenvalue weighted by Gasteiger charge is 2.31. The summed E-state index contributed by atoms with van der Waals surface area (Å²) >= 11 is 6.07. The van der Waals surface area contributed by atoms with Gasteiger partial charge in [-0.25, -0.2) is 9.18 Å². The number of carbonyl (C=O) groups excluding carboxylic acids is 1. The van der Waals surface area contributed by atoms with Gasteiger partial charge in [-0.3, -0.25) is 5.10 Å². The number of allylic oxidation sites excluding steroid dienone is 2. The van der Waals surface area contributed by atoms with E-state index in [9.17, 15) is 9.18 Å². The monoisotopic (exact) mass is 490 g/mol. The fourth-order valence-corrected chi connectivity index (χ4v) is 4.27. The number of aromatic amines is 1. The number of rotatable bonds is 6. The van der Waals surface area contributed by atoms with Gasteiger partial charge in [-0.1, -0.05) is 23.7 Å². The van der Waals surface area contributed by atoms with Crippen molar-refractivity contribution in [2.75, 3.05) is 39.1 Å².